The molecule has 2 rings (SSSR count). The fourth-order valence-corrected chi connectivity index (χ4v) is 3.15. The molecule has 1 heterocycles. The van der Waals surface area contributed by atoms with Crippen molar-refractivity contribution in [1.82, 2.24) is 16.0 Å². The Morgan fingerprint density at radius 1 is 1.11 bits per heavy atom. The third-order valence-electron chi connectivity index (χ3n) is 4.89. The van der Waals surface area contributed by atoms with Crippen molar-refractivity contribution in [2.75, 3.05) is 13.2 Å². The van der Waals surface area contributed by atoms with Crippen molar-refractivity contribution >= 4 is 29.4 Å². The van der Waals surface area contributed by atoms with E-state index >= 15 is 0 Å². The van der Waals surface area contributed by atoms with E-state index < -0.39 is 48.1 Å². The maximum Gasteiger partial charge on any atom is 0.309 e. The van der Waals surface area contributed by atoms with Gasteiger partial charge in [-0.1, -0.05) is 12.8 Å². The second-order valence-corrected chi connectivity index (χ2v) is 7.12. The van der Waals surface area contributed by atoms with Gasteiger partial charge in [-0.05, 0) is 31.6 Å². The van der Waals surface area contributed by atoms with Crippen LogP contribution in [-0.2, 0) is 24.0 Å². The van der Waals surface area contributed by atoms with Gasteiger partial charge in [0.25, 0.3) is 0 Å². The molecule has 6 N–H and O–H groups in total. The number of Topliss-reactive ketones (excluding diaryl/α,β-unsaturated/α-hetero) is 1. The molecule has 3 atom stereocenters. The summed E-state index contributed by atoms with van der Waals surface area (Å²) in [5, 5.41) is 16.7. The van der Waals surface area contributed by atoms with E-state index in [2.05, 4.69) is 16.0 Å². The van der Waals surface area contributed by atoms with Gasteiger partial charge in [0.05, 0.1) is 6.04 Å². The first-order chi connectivity index (χ1) is 12.8. The van der Waals surface area contributed by atoms with Crippen LogP contribution in [0.5, 0.6) is 0 Å². The highest BCUT2D eigenvalue weighted by Crippen LogP contribution is 2.33. The number of amides is 4. The summed E-state index contributed by atoms with van der Waals surface area (Å²) < 4.78 is 0. The Balaban J connectivity index is 2.04. The van der Waals surface area contributed by atoms with E-state index in [1.54, 1.807) is 0 Å². The number of primary amides is 1. The minimum Gasteiger partial charge on any atom is -0.389 e. The maximum atomic E-state index is 12.6. The fraction of sp³-hybridized carbons (Fsp3) is 0.706. The fourth-order valence-electron chi connectivity index (χ4n) is 3.15. The first kappa shape index (κ1) is 20.8. The molecule has 27 heavy (non-hydrogen) atoms. The van der Waals surface area contributed by atoms with Gasteiger partial charge in [0, 0.05) is 12.5 Å². The van der Waals surface area contributed by atoms with Crippen molar-refractivity contribution < 1.29 is 29.1 Å². The molecule has 0 radical (unpaired) electrons. The average molecular weight is 382 g/mol. The van der Waals surface area contributed by atoms with Gasteiger partial charge < -0.3 is 26.8 Å². The molecule has 150 valence electrons. The quantitative estimate of drug-likeness (QED) is 0.282. The summed E-state index contributed by atoms with van der Waals surface area (Å²) in [5.41, 5.74) is 4.93. The van der Waals surface area contributed by atoms with E-state index in [9.17, 15) is 29.1 Å². The molecule has 1 aliphatic carbocycles. The van der Waals surface area contributed by atoms with Crippen LogP contribution in [0, 0.1) is 11.8 Å². The van der Waals surface area contributed by atoms with Crippen LogP contribution in [0.4, 0.5) is 0 Å². The molecule has 4 amide bonds. The average Bonchev–Trinajstić information content (AvgIpc) is 3.45. The SMILES string of the molecule is NC(=O)C(=O)N[C@@H](CC1CC1)C(=O)N[C@@H](C[C@@H]1CCCNC1=O)C(=O)CO. The highest BCUT2D eigenvalue weighted by Gasteiger charge is 2.34. The Kier molecular flexibility index (Phi) is 7.28. The number of aliphatic hydroxyl groups excluding tert-OH is 1. The van der Waals surface area contributed by atoms with E-state index in [0.29, 0.717) is 19.4 Å². The lowest BCUT2D eigenvalue weighted by Crippen LogP contribution is -2.55. The van der Waals surface area contributed by atoms with Gasteiger partial charge in [0.2, 0.25) is 11.8 Å². The zero-order valence-corrected chi connectivity index (χ0v) is 15.0. The Bertz CT molecular complexity index is 619. The smallest absolute Gasteiger partial charge is 0.309 e. The van der Waals surface area contributed by atoms with Crippen LogP contribution < -0.4 is 21.7 Å². The molecule has 0 spiro atoms. The predicted octanol–water partition coefficient (Wildman–Crippen LogP) is -2.28. The minimum atomic E-state index is -1.20. The van der Waals surface area contributed by atoms with Crippen molar-refractivity contribution in [3.63, 3.8) is 0 Å². The Labute approximate surface area is 156 Å². The summed E-state index contributed by atoms with van der Waals surface area (Å²) in [6.45, 7) is -0.205. The van der Waals surface area contributed by atoms with Crippen molar-refractivity contribution in [3.05, 3.63) is 0 Å². The topological polar surface area (TPSA) is 168 Å². The number of nitrogens with one attached hydrogen (secondary N) is 3. The Hall–Kier alpha value is -2.49. The monoisotopic (exact) mass is 382 g/mol. The van der Waals surface area contributed by atoms with E-state index in [-0.39, 0.29) is 18.2 Å². The number of ketones is 1. The zero-order valence-electron chi connectivity index (χ0n) is 15.0. The highest BCUT2D eigenvalue weighted by atomic mass is 16.3. The lowest BCUT2D eigenvalue weighted by Gasteiger charge is -2.27. The van der Waals surface area contributed by atoms with E-state index in [0.717, 1.165) is 19.3 Å². The first-order valence-electron chi connectivity index (χ1n) is 9.13. The number of aliphatic hydroxyl groups is 1. The summed E-state index contributed by atoms with van der Waals surface area (Å²) in [6, 6.07) is -2.06. The van der Waals surface area contributed by atoms with Crippen molar-refractivity contribution in [3.8, 4) is 0 Å². The molecule has 10 nitrogen and oxygen atoms in total. The molecular weight excluding hydrogens is 356 g/mol. The maximum absolute atomic E-state index is 12.6. The predicted molar refractivity (Wildman–Crippen MR) is 92.8 cm³/mol. The molecule has 1 aliphatic heterocycles. The van der Waals surface area contributed by atoms with E-state index in [1.165, 1.54) is 0 Å². The van der Waals surface area contributed by atoms with Crippen molar-refractivity contribution in [2.45, 2.75) is 50.6 Å². The number of nitrogens with two attached hydrogens (primary N) is 1. The van der Waals surface area contributed by atoms with Gasteiger partial charge in [0.1, 0.15) is 12.6 Å². The standard InChI is InChI=1S/C17H26N4O6/c18-14(24)17(27)21-12(6-9-3-4-9)16(26)20-11(13(23)8-22)7-10-2-1-5-19-15(10)25/h9-12,22H,1-8H2,(H2,18,24)(H,19,25)(H,20,26)(H,21,27)/t10-,11-,12-/m0/s1. The van der Waals surface area contributed by atoms with E-state index in [4.69, 9.17) is 5.73 Å². The number of carbonyl (C=O) groups is 5. The van der Waals surface area contributed by atoms with Crippen LogP contribution >= 0.6 is 0 Å². The molecule has 0 unspecified atom stereocenters. The summed E-state index contributed by atoms with van der Waals surface area (Å²) in [7, 11) is 0. The number of hydrogen-bond donors (Lipinski definition) is 5. The van der Waals surface area contributed by atoms with Crippen LogP contribution in [0.1, 0.15) is 38.5 Å². The molecule has 0 aromatic rings. The second-order valence-electron chi connectivity index (χ2n) is 7.12. The second kappa shape index (κ2) is 9.45. The molecule has 1 saturated heterocycles. The van der Waals surface area contributed by atoms with Crippen LogP contribution in [0.25, 0.3) is 0 Å². The molecule has 0 aromatic carbocycles. The zero-order chi connectivity index (χ0) is 20.0. The molecule has 0 aromatic heterocycles. The van der Waals surface area contributed by atoms with Crippen LogP contribution in [-0.4, -0.2) is 59.8 Å². The van der Waals surface area contributed by atoms with Crippen LogP contribution in [0.2, 0.25) is 0 Å². The van der Waals surface area contributed by atoms with Gasteiger partial charge in [-0.15, -0.1) is 0 Å². The minimum absolute atomic E-state index is 0.0664. The molecule has 2 aliphatic rings. The van der Waals surface area contributed by atoms with Crippen LogP contribution in [0.15, 0.2) is 0 Å². The lowest BCUT2D eigenvalue weighted by molar-refractivity contribution is -0.139. The lowest BCUT2D eigenvalue weighted by atomic mass is 9.90. The van der Waals surface area contributed by atoms with Gasteiger partial charge in [-0.25, -0.2) is 0 Å². The normalized spacial score (nSPS) is 21.5. The molecule has 1 saturated carbocycles. The number of carbonyl (C=O) groups excluding carboxylic acids is 5. The van der Waals surface area contributed by atoms with Gasteiger partial charge in [-0.3, -0.25) is 24.0 Å². The molecular formula is C17H26N4O6. The Morgan fingerprint density at radius 3 is 2.37 bits per heavy atom. The molecule has 2 fully saturated rings. The largest absolute Gasteiger partial charge is 0.389 e. The summed E-state index contributed by atoms with van der Waals surface area (Å²) in [5.74, 6) is -3.92. The number of rotatable bonds is 9. The van der Waals surface area contributed by atoms with Gasteiger partial charge in [-0.2, -0.15) is 0 Å². The van der Waals surface area contributed by atoms with Gasteiger partial charge in [0.15, 0.2) is 5.78 Å². The number of piperidine rings is 1. The summed E-state index contributed by atoms with van der Waals surface area (Å²) in [6.07, 6.45) is 3.57. The van der Waals surface area contributed by atoms with E-state index in [1.807, 2.05) is 0 Å². The molecule has 0 bridgehead atoms. The third kappa shape index (κ3) is 6.31. The van der Waals surface area contributed by atoms with Crippen molar-refractivity contribution in [2.24, 2.45) is 17.6 Å². The number of hydrogen-bond acceptors (Lipinski definition) is 6. The molecule has 10 heteroatoms. The first-order valence-corrected chi connectivity index (χ1v) is 9.13. The van der Waals surface area contributed by atoms with Crippen molar-refractivity contribution in [1.29, 1.82) is 0 Å². The summed E-state index contributed by atoms with van der Waals surface area (Å²) in [4.78, 5) is 59.1. The summed E-state index contributed by atoms with van der Waals surface area (Å²) >= 11 is 0. The van der Waals surface area contributed by atoms with Crippen LogP contribution in [0.3, 0.4) is 0 Å². The Morgan fingerprint density at radius 2 is 1.81 bits per heavy atom. The third-order valence-corrected chi connectivity index (χ3v) is 4.89. The highest BCUT2D eigenvalue weighted by molar-refractivity contribution is 6.34. The van der Waals surface area contributed by atoms with Gasteiger partial charge >= 0.3 is 11.8 Å².